The van der Waals surface area contributed by atoms with Crippen molar-refractivity contribution in [2.24, 2.45) is 28.5 Å². The molecule has 0 aromatic heterocycles. The first kappa shape index (κ1) is 27.6. The maximum Gasteiger partial charge on any atom is 0.262 e. The van der Waals surface area contributed by atoms with Gasteiger partial charge in [-0.25, -0.2) is 0 Å². The second-order valence-corrected chi connectivity index (χ2v) is 10.1. The number of carbonyl (C=O) groups excluding carboxylic acids is 1. The molecule has 0 bridgehead atoms. The SMILES string of the molecule is Cc1ccc(OCC(=O)Nc2cc(-c3ccccc3/C(N)=N/N)ccc2N(CC(C)C)CC(C)C)cc1. The molecule has 3 aromatic rings. The molecule has 0 spiro atoms. The van der Waals surface area contributed by atoms with Crippen molar-refractivity contribution in [3.8, 4) is 16.9 Å². The zero-order valence-corrected chi connectivity index (χ0v) is 22.5. The van der Waals surface area contributed by atoms with Gasteiger partial charge in [0.25, 0.3) is 5.91 Å². The molecule has 37 heavy (non-hydrogen) atoms. The number of ether oxygens (including phenoxy) is 1. The van der Waals surface area contributed by atoms with Gasteiger partial charge < -0.3 is 26.5 Å². The highest BCUT2D eigenvalue weighted by atomic mass is 16.5. The first-order valence-corrected chi connectivity index (χ1v) is 12.7. The van der Waals surface area contributed by atoms with Gasteiger partial charge in [0.05, 0.1) is 11.4 Å². The Bertz CT molecular complexity index is 1210. The lowest BCUT2D eigenvalue weighted by molar-refractivity contribution is -0.118. The Morgan fingerprint density at radius 1 is 0.973 bits per heavy atom. The van der Waals surface area contributed by atoms with Crippen molar-refractivity contribution in [2.45, 2.75) is 34.6 Å². The van der Waals surface area contributed by atoms with Crippen LogP contribution in [0.1, 0.15) is 38.8 Å². The number of hydrazone groups is 1. The van der Waals surface area contributed by atoms with Crippen molar-refractivity contribution < 1.29 is 9.53 Å². The maximum atomic E-state index is 13.0. The summed E-state index contributed by atoms with van der Waals surface area (Å²) >= 11 is 0. The van der Waals surface area contributed by atoms with Crippen molar-refractivity contribution >= 4 is 23.1 Å². The Labute approximate surface area is 220 Å². The van der Waals surface area contributed by atoms with Gasteiger partial charge in [0, 0.05) is 18.7 Å². The van der Waals surface area contributed by atoms with E-state index in [0.717, 1.165) is 46.7 Å². The number of amidine groups is 1. The summed E-state index contributed by atoms with van der Waals surface area (Å²) in [6.07, 6.45) is 0. The molecule has 0 heterocycles. The van der Waals surface area contributed by atoms with Crippen molar-refractivity contribution in [3.05, 3.63) is 77.9 Å². The average molecular weight is 502 g/mol. The molecule has 1 amide bonds. The largest absolute Gasteiger partial charge is 0.484 e. The van der Waals surface area contributed by atoms with Crippen LogP contribution < -0.4 is 26.5 Å². The molecule has 0 unspecified atom stereocenters. The molecule has 5 N–H and O–H groups in total. The number of hydrogen-bond acceptors (Lipinski definition) is 5. The predicted molar refractivity (Wildman–Crippen MR) is 154 cm³/mol. The number of rotatable bonds is 11. The van der Waals surface area contributed by atoms with Crippen LogP contribution in [0.4, 0.5) is 11.4 Å². The Morgan fingerprint density at radius 2 is 1.62 bits per heavy atom. The maximum absolute atomic E-state index is 13.0. The van der Waals surface area contributed by atoms with E-state index in [2.05, 4.69) is 49.1 Å². The Hall–Kier alpha value is -4.00. The second kappa shape index (κ2) is 12.8. The first-order chi connectivity index (χ1) is 17.7. The minimum atomic E-state index is -0.232. The molecule has 3 aromatic carbocycles. The smallest absolute Gasteiger partial charge is 0.262 e. The molecule has 3 rings (SSSR count). The van der Waals surface area contributed by atoms with Gasteiger partial charge in [0.15, 0.2) is 12.4 Å². The van der Waals surface area contributed by atoms with Crippen LogP contribution in [0.2, 0.25) is 0 Å². The third-order valence-electron chi connectivity index (χ3n) is 5.83. The summed E-state index contributed by atoms with van der Waals surface area (Å²) in [5.74, 6) is 7.05. The van der Waals surface area contributed by atoms with Crippen LogP contribution in [0, 0.1) is 18.8 Å². The number of nitrogens with one attached hydrogen (secondary N) is 1. The Kier molecular flexibility index (Phi) is 9.55. The van der Waals surface area contributed by atoms with Gasteiger partial charge in [-0.15, -0.1) is 0 Å². The Morgan fingerprint density at radius 3 is 2.24 bits per heavy atom. The summed E-state index contributed by atoms with van der Waals surface area (Å²) in [6.45, 7) is 12.4. The van der Waals surface area contributed by atoms with Gasteiger partial charge in [-0.3, -0.25) is 4.79 Å². The summed E-state index contributed by atoms with van der Waals surface area (Å²) < 4.78 is 5.73. The molecule has 0 saturated carbocycles. The van der Waals surface area contributed by atoms with Crippen molar-refractivity contribution in [1.29, 1.82) is 0 Å². The fraction of sp³-hybridized carbons (Fsp3) is 0.333. The zero-order chi connectivity index (χ0) is 26.9. The van der Waals surface area contributed by atoms with E-state index in [-0.39, 0.29) is 18.3 Å². The minimum Gasteiger partial charge on any atom is -0.484 e. The highest BCUT2D eigenvalue weighted by molar-refractivity contribution is 6.04. The average Bonchev–Trinajstić information content (AvgIpc) is 2.87. The van der Waals surface area contributed by atoms with Gasteiger partial charge in [-0.05, 0) is 54.2 Å². The third kappa shape index (κ3) is 7.74. The van der Waals surface area contributed by atoms with E-state index in [9.17, 15) is 4.79 Å². The van der Waals surface area contributed by atoms with E-state index >= 15 is 0 Å². The predicted octanol–water partition coefficient (Wildman–Crippen LogP) is 5.38. The molecular formula is C30H39N5O2. The highest BCUT2D eigenvalue weighted by Gasteiger charge is 2.18. The van der Waals surface area contributed by atoms with Crippen LogP contribution in [-0.4, -0.2) is 31.4 Å². The van der Waals surface area contributed by atoms with E-state index in [4.69, 9.17) is 16.3 Å². The molecule has 7 nitrogen and oxygen atoms in total. The van der Waals surface area contributed by atoms with Gasteiger partial charge in [0.2, 0.25) is 0 Å². The topological polar surface area (TPSA) is 106 Å². The highest BCUT2D eigenvalue weighted by Crippen LogP contribution is 2.34. The van der Waals surface area contributed by atoms with E-state index < -0.39 is 0 Å². The van der Waals surface area contributed by atoms with Crippen molar-refractivity contribution in [1.82, 2.24) is 0 Å². The third-order valence-corrected chi connectivity index (χ3v) is 5.83. The summed E-state index contributed by atoms with van der Waals surface area (Å²) in [5, 5.41) is 6.79. The van der Waals surface area contributed by atoms with Crippen LogP contribution in [0.15, 0.2) is 71.8 Å². The number of nitrogens with two attached hydrogens (primary N) is 2. The van der Waals surface area contributed by atoms with E-state index in [1.165, 1.54) is 0 Å². The second-order valence-electron chi connectivity index (χ2n) is 10.1. The van der Waals surface area contributed by atoms with Crippen LogP contribution in [-0.2, 0) is 4.79 Å². The summed E-state index contributed by atoms with van der Waals surface area (Å²) in [6, 6.07) is 21.4. The van der Waals surface area contributed by atoms with Crippen LogP contribution in [0.3, 0.4) is 0 Å². The lowest BCUT2D eigenvalue weighted by Crippen LogP contribution is -2.32. The van der Waals surface area contributed by atoms with E-state index in [0.29, 0.717) is 17.6 Å². The monoisotopic (exact) mass is 501 g/mol. The molecule has 0 aliphatic carbocycles. The molecule has 0 saturated heterocycles. The number of hydrogen-bond donors (Lipinski definition) is 3. The fourth-order valence-electron chi connectivity index (χ4n) is 4.23. The standard InChI is InChI=1S/C30H39N5O2/c1-20(2)17-35(18-21(3)4)28-15-12-23(25-8-6-7-9-26(25)30(31)34-32)16-27(28)33-29(36)19-37-24-13-10-22(5)11-14-24/h6-16,20-21H,17-19,32H2,1-5H3,(H2,31,34)(H,33,36). The molecule has 0 aliphatic rings. The normalized spacial score (nSPS) is 11.6. The number of anilines is 2. The molecule has 196 valence electrons. The molecule has 0 fully saturated rings. The zero-order valence-electron chi connectivity index (χ0n) is 22.5. The molecule has 0 aliphatic heterocycles. The van der Waals surface area contributed by atoms with Gasteiger partial charge in [0.1, 0.15) is 5.75 Å². The molecule has 0 radical (unpaired) electrons. The summed E-state index contributed by atoms with van der Waals surface area (Å²) in [4.78, 5) is 15.4. The minimum absolute atomic E-state index is 0.0928. The molecular weight excluding hydrogens is 462 g/mol. The number of amides is 1. The van der Waals surface area contributed by atoms with Gasteiger partial charge >= 0.3 is 0 Å². The summed E-state index contributed by atoms with van der Waals surface area (Å²) in [7, 11) is 0. The van der Waals surface area contributed by atoms with E-state index in [1.54, 1.807) is 0 Å². The number of aryl methyl sites for hydroxylation is 1. The quantitative estimate of drug-likeness (QED) is 0.142. The van der Waals surface area contributed by atoms with Crippen LogP contribution in [0.5, 0.6) is 5.75 Å². The number of carbonyl (C=O) groups is 1. The lowest BCUT2D eigenvalue weighted by Gasteiger charge is -2.31. The fourth-order valence-corrected chi connectivity index (χ4v) is 4.23. The van der Waals surface area contributed by atoms with Crippen LogP contribution in [0.25, 0.3) is 11.1 Å². The number of nitrogens with zero attached hydrogens (tertiary/aromatic N) is 2. The lowest BCUT2D eigenvalue weighted by atomic mass is 9.97. The number of benzene rings is 3. The van der Waals surface area contributed by atoms with Crippen LogP contribution >= 0.6 is 0 Å². The van der Waals surface area contributed by atoms with Gasteiger partial charge in [-0.1, -0.05) is 75.7 Å². The molecule has 0 atom stereocenters. The van der Waals surface area contributed by atoms with E-state index in [1.807, 2.05) is 67.6 Å². The van der Waals surface area contributed by atoms with Gasteiger partial charge in [-0.2, -0.15) is 5.10 Å². The van der Waals surface area contributed by atoms with Crippen molar-refractivity contribution in [2.75, 3.05) is 29.9 Å². The Balaban J connectivity index is 1.98. The van der Waals surface area contributed by atoms with Crippen molar-refractivity contribution in [3.63, 3.8) is 0 Å². The first-order valence-electron chi connectivity index (χ1n) is 12.7. The summed E-state index contributed by atoms with van der Waals surface area (Å²) in [5.41, 5.74) is 11.4. The molecule has 7 heteroatoms.